The second kappa shape index (κ2) is 6.25. The molecule has 0 aromatic rings. The Hall–Kier alpha value is -1.39. The van der Waals surface area contributed by atoms with E-state index in [0.29, 0.717) is 6.54 Å². The SMILES string of the molecule is CCCCNC(=O)CCN1C(=O)CCC1=O. The molecule has 1 rings (SSSR count). The fourth-order valence-electron chi connectivity index (χ4n) is 1.58. The van der Waals surface area contributed by atoms with Gasteiger partial charge in [-0.2, -0.15) is 0 Å². The second-order valence-corrected chi connectivity index (χ2v) is 3.89. The highest BCUT2D eigenvalue weighted by atomic mass is 16.2. The normalized spacial score (nSPS) is 15.7. The van der Waals surface area contributed by atoms with Gasteiger partial charge in [0, 0.05) is 32.4 Å². The zero-order valence-electron chi connectivity index (χ0n) is 9.62. The van der Waals surface area contributed by atoms with Crippen LogP contribution in [0.2, 0.25) is 0 Å². The van der Waals surface area contributed by atoms with E-state index in [2.05, 4.69) is 5.32 Å². The molecule has 0 spiro atoms. The number of hydrogen-bond donors (Lipinski definition) is 1. The number of unbranched alkanes of at least 4 members (excludes halogenated alkanes) is 1. The van der Waals surface area contributed by atoms with Crippen molar-refractivity contribution in [3.8, 4) is 0 Å². The zero-order chi connectivity index (χ0) is 12.0. The first-order valence-electron chi connectivity index (χ1n) is 5.75. The summed E-state index contributed by atoms with van der Waals surface area (Å²) in [6.45, 7) is 2.93. The molecule has 0 atom stereocenters. The quantitative estimate of drug-likeness (QED) is 0.528. The minimum absolute atomic E-state index is 0.0963. The summed E-state index contributed by atoms with van der Waals surface area (Å²) < 4.78 is 0. The van der Waals surface area contributed by atoms with Gasteiger partial charge in [-0.3, -0.25) is 19.3 Å². The molecule has 1 N–H and O–H groups in total. The fourth-order valence-corrected chi connectivity index (χ4v) is 1.58. The molecule has 1 aliphatic rings. The summed E-state index contributed by atoms with van der Waals surface area (Å²) in [6.07, 6.45) is 2.77. The lowest BCUT2D eigenvalue weighted by Gasteiger charge is -2.13. The highest BCUT2D eigenvalue weighted by Gasteiger charge is 2.28. The summed E-state index contributed by atoms with van der Waals surface area (Å²) in [5, 5.41) is 2.75. The molecule has 0 radical (unpaired) electrons. The molecule has 0 bridgehead atoms. The first-order chi connectivity index (χ1) is 7.65. The van der Waals surface area contributed by atoms with Crippen LogP contribution in [0, 0.1) is 0 Å². The Balaban J connectivity index is 2.21. The van der Waals surface area contributed by atoms with Crippen LogP contribution >= 0.6 is 0 Å². The number of hydrogen-bond acceptors (Lipinski definition) is 3. The van der Waals surface area contributed by atoms with Gasteiger partial charge in [0.25, 0.3) is 0 Å². The van der Waals surface area contributed by atoms with Gasteiger partial charge in [-0.1, -0.05) is 13.3 Å². The van der Waals surface area contributed by atoms with Crippen LogP contribution in [0.5, 0.6) is 0 Å². The summed E-state index contributed by atoms with van der Waals surface area (Å²) >= 11 is 0. The molecule has 5 heteroatoms. The number of rotatable bonds is 6. The van der Waals surface area contributed by atoms with Crippen molar-refractivity contribution >= 4 is 17.7 Å². The van der Waals surface area contributed by atoms with E-state index in [1.54, 1.807) is 0 Å². The first kappa shape index (κ1) is 12.7. The van der Waals surface area contributed by atoms with Gasteiger partial charge >= 0.3 is 0 Å². The number of likely N-dealkylation sites (tertiary alicyclic amines) is 1. The van der Waals surface area contributed by atoms with Crippen molar-refractivity contribution in [3.63, 3.8) is 0 Å². The number of carbonyl (C=O) groups is 3. The van der Waals surface area contributed by atoms with E-state index in [9.17, 15) is 14.4 Å². The van der Waals surface area contributed by atoms with Crippen molar-refractivity contribution in [2.45, 2.75) is 39.0 Å². The Morgan fingerprint density at radius 3 is 2.50 bits per heavy atom. The molecule has 16 heavy (non-hydrogen) atoms. The maximum atomic E-state index is 11.3. The van der Waals surface area contributed by atoms with Crippen LogP contribution in [0.25, 0.3) is 0 Å². The Bertz CT molecular complexity index is 273. The van der Waals surface area contributed by atoms with Gasteiger partial charge < -0.3 is 5.32 Å². The highest BCUT2D eigenvalue weighted by Crippen LogP contribution is 2.11. The van der Waals surface area contributed by atoms with Crippen LogP contribution < -0.4 is 5.32 Å². The molecule has 1 heterocycles. The zero-order valence-corrected chi connectivity index (χ0v) is 9.62. The predicted octanol–water partition coefficient (Wildman–Crippen LogP) is 0.442. The molecule has 90 valence electrons. The number of nitrogens with one attached hydrogen (secondary N) is 1. The van der Waals surface area contributed by atoms with Crippen molar-refractivity contribution in [2.24, 2.45) is 0 Å². The fraction of sp³-hybridized carbons (Fsp3) is 0.727. The lowest BCUT2D eigenvalue weighted by atomic mass is 10.3. The Morgan fingerprint density at radius 1 is 1.31 bits per heavy atom. The maximum Gasteiger partial charge on any atom is 0.229 e. The molecule has 0 saturated carbocycles. The number of carbonyl (C=O) groups excluding carboxylic acids is 3. The molecule has 5 nitrogen and oxygen atoms in total. The maximum absolute atomic E-state index is 11.3. The highest BCUT2D eigenvalue weighted by molar-refractivity contribution is 6.02. The third kappa shape index (κ3) is 3.64. The third-order valence-electron chi connectivity index (χ3n) is 2.57. The van der Waals surface area contributed by atoms with Crippen molar-refractivity contribution in [2.75, 3.05) is 13.1 Å². The van der Waals surface area contributed by atoms with Crippen LogP contribution in [0.4, 0.5) is 0 Å². The van der Waals surface area contributed by atoms with E-state index in [1.807, 2.05) is 6.92 Å². The van der Waals surface area contributed by atoms with Crippen LogP contribution in [-0.4, -0.2) is 35.7 Å². The number of imide groups is 1. The molecule has 1 aliphatic heterocycles. The molecule has 0 aromatic heterocycles. The average Bonchev–Trinajstić information content (AvgIpc) is 2.57. The molecule has 0 aromatic carbocycles. The minimum Gasteiger partial charge on any atom is -0.356 e. The van der Waals surface area contributed by atoms with E-state index in [0.717, 1.165) is 12.8 Å². The van der Waals surface area contributed by atoms with Crippen molar-refractivity contribution in [1.29, 1.82) is 0 Å². The van der Waals surface area contributed by atoms with Crippen molar-refractivity contribution < 1.29 is 14.4 Å². The van der Waals surface area contributed by atoms with Gasteiger partial charge in [0.1, 0.15) is 0 Å². The van der Waals surface area contributed by atoms with Gasteiger partial charge in [0.05, 0.1) is 0 Å². The van der Waals surface area contributed by atoms with Gasteiger partial charge in [-0.15, -0.1) is 0 Å². The van der Waals surface area contributed by atoms with E-state index in [1.165, 1.54) is 4.90 Å². The monoisotopic (exact) mass is 226 g/mol. The molecule has 0 unspecified atom stereocenters. The summed E-state index contributed by atoms with van der Waals surface area (Å²) in [5.74, 6) is -0.418. The van der Waals surface area contributed by atoms with Crippen LogP contribution in [0.1, 0.15) is 39.0 Å². The average molecular weight is 226 g/mol. The summed E-state index contributed by atoms with van der Waals surface area (Å²) in [6, 6.07) is 0. The van der Waals surface area contributed by atoms with Crippen LogP contribution in [-0.2, 0) is 14.4 Å². The van der Waals surface area contributed by atoms with E-state index >= 15 is 0 Å². The molecular weight excluding hydrogens is 208 g/mol. The Morgan fingerprint density at radius 2 is 1.94 bits per heavy atom. The molecule has 1 fully saturated rings. The van der Waals surface area contributed by atoms with Gasteiger partial charge in [0.2, 0.25) is 17.7 Å². The van der Waals surface area contributed by atoms with E-state index in [4.69, 9.17) is 0 Å². The van der Waals surface area contributed by atoms with Crippen molar-refractivity contribution in [1.82, 2.24) is 10.2 Å². The Kier molecular flexibility index (Phi) is 4.95. The molecule has 0 aliphatic carbocycles. The van der Waals surface area contributed by atoms with E-state index < -0.39 is 0 Å². The second-order valence-electron chi connectivity index (χ2n) is 3.89. The molecule has 3 amide bonds. The topological polar surface area (TPSA) is 66.5 Å². The van der Waals surface area contributed by atoms with Crippen LogP contribution in [0.15, 0.2) is 0 Å². The summed E-state index contributed by atoms with van der Waals surface area (Å²) in [4.78, 5) is 35.0. The molecule has 1 saturated heterocycles. The lowest BCUT2D eigenvalue weighted by Crippen LogP contribution is -2.34. The summed E-state index contributed by atoms with van der Waals surface area (Å²) in [7, 11) is 0. The summed E-state index contributed by atoms with van der Waals surface area (Å²) in [5.41, 5.74) is 0. The Labute approximate surface area is 95.2 Å². The van der Waals surface area contributed by atoms with Gasteiger partial charge in [-0.25, -0.2) is 0 Å². The molecular formula is C11H18N2O3. The van der Waals surface area contributed by atoms with Crippen LogP contribution in [0.3, 0.4) is 0 Å². The van der Waals surface area contributed by atoms with Gasteiger partial charge in [0.15, 0.2) is 0 Å². The van der Waals surface area contributed by atoms with Crippen molar-refractivity contribution in [3.05, 3.63) is 0 Å². The number of nitrogens with zero attached hydrogens (tertiary/aromatic N) is 1. The minimum atomic E-state index is -0.161. The largest absolute Gasteiger partial charge is 0.356 e. The van der Waals surface area contributed by atoms with Gasteiger partial charge in [-0.05, 0) is 6.42 Å². The third-order valence-corrected chi connectivity index (χ3v) is 2.57. The predicted molar refractivity (Wildman–Crippen MR) is 58.5 cm³/mol. The lowest BCUT2D eigenvalue weighted by molar-refractivity contribution is -0.138. The smallest absolute Gasteiger partial charge is 0.229 e. The standard InChI is InChI=1S/C11H18N2O3/c1-2-3-7-12-9(14)6-8-13-10(15)4-5-11(13)16/h2-8H2,1H3,(H,12,14). The first-order valence-corrected chi connectivity index (χ1v) is 5.75. The number of amides is 3. The van der Waals surface area contributed by atoms with E-state index in [-0.39, 0.29) is 43.5 Å².